The fraction of sp³-hybridized carbons (Fsp3) is 0.250. The van der Waals surface area contributed by atoms with Crippen molar-refractivity contribution < 1.29 is 18.0 Å². The number of carbonyl (C=O) groups excluding carboxylic acids is 1. The van der Waals surface area contributed by atoms with Crippen molar-refractivity contribution in [2.45, 2.75) is 19.5 Å². The Balaban J connectivity index is 2.09. The average molecular weight is 403 g/mol. The van der Waals surface area contributed by atoms with Crippen LogP contribution in [0, 0.1) is 5.92 Å². The van der Waals surface area contributed by atoms with Gasteiger partial charge >= 0.3 is 6.18 Å². The first-order valence-corrected chi connectivity index (χ1v) is 7.81. The molecule has 1 aromatic carbocycles. The zero-order valence-electron chi connectivity index (χ0n) is 12.6. The van der Waals surface area contributed by atoms with Gasteiger partial charge in [-0.3, -0.25) is 9.59 Å². The summed E-state index contributed by atoms with van der Waals surface area (Å²) in [4.78, 5) is 26.2. The third-order valence-electron chi connectivity index (χ3n) is 3.37. The predicted octanol–water partition coefficient (Wildman–Crippen LogP) is 3.97. The standard InChI is InChI=1S/C16H14BrF3N2O2/c1-9(5-10-3-2-4-11(6-10)16(18,19)20)14(23)22-13-7-12(17)8-21-15(13)24/h2-4,6-9H,5H2,1H3,(H,21,24)(H,22,23). The number of anilines is 1. The number of aromatic nitrogens is 1. The summed E-state index contributed by atoms with van der Waals surface area (Å²) >= 11 is 3.18. The highest BCUT2D eigenvalue weighted by Crippen LogP contribution is 2.30. The number of carbonyl (C=O) groups is 1. The number of alkyl halides is 3. The van der Waals surface area contributed by atoms with E-state index in [9.17, 15) is 22.8 Å². The quantitative estimate of drug-likeness (QED) is 0.812. The minimum absolute atomic E-state index is 0.0743. The van der Waals surface area contributed by atoms with E-state index in [1.807, 2.05) is 0 Å². The molecule has 0 saturated carbocycles. The molecule has 0 saturated heterocycles. The van der Waals surface area contributed by atoms with Crippen molar-refractivity contribution in [2.75, 3.05) is 5.32 Å². The molecule has 0 spiro atoms. The second-order valence-corrected chi connectivity index (χ2v) is 6.27. The Hall–Kier alpha value is -2.09. The van der Waals surface area contributed by atoms with E-state index in [2.05, 4.69) is 26.2 Å². The largest absolute Gasteiger partial charge is 0.416 e. The van der Waals surface area contributed by atoms with Gasteiger partial charge in [0.1, 0.15) is 5.69 Å². The van der Waals surface area contributed by atoms with Crippen molar-refractivity contribution in [2.24, 2.45) is 5.92 Å². The lowest BCUT2D eigenvalue weighted by Crippen LogP contribution is -2.26. The summed E-state index contributed by atoms with van der Waals surface area (Å²) in [6.07, 6.45) is -2.86. The number of rotatable bonds is 4. The molecule has 24 heavy (non-hydrogen) atoms. The number of aromatic amines is 1. The second-order valence-electron chi connectivity index (χ2n) is 5.35. The van der Waals surface area contributed by atoms with Gasteiger partial charge in [0, 0.05) is 16.6 Å². The molecule has 8 heteroatoms. The number of amides is 1. The van der Waals surface area contributed by atoms with Crippen molar-refractivity contribution in [3.63, 3.8) is 0 Å². The molecule has 2 aromatic rings. The van der Waals surface area contributed by atoms with E-state index in [4.69, 9.17) is 0 Å². The Morgan fingerprint density at radius 2 is 2.04 bits per heavy atom. The van der Waals surface area contributed by atoms with Crippen LogP contribution in [0.5, 0.6) is 0 Å². The smallest absolute Gasteiger partial charge is 0.326 e. The topological polar surface area (TPSA) is 62.0 Å². The molecule has 0 aliphatic rings. The van der Waals surface area contributed by atoms with Gasteiger partial charge in [-0.25, -0.2) is 0 Å². The van der Waals surface area contributed by atoms with Gasteiger partial charge in [-0.1, -0.05) is 25.1 Å². The van der Waals surface area contributed by atoms with Crippen LogP contribution in [0.1, 0.15) is 18.1 Å². The number of H-pyrrole nitrogens is 1. The second kappa shape index (κ2) is 7.21. The Morgan fingerprint density at radius 1 is 1.33 bits per heavy atom. The minimum Gasteiger partial charge on any atom is -0.326 e. The minimum atomic E-state index is -4.43. The molecule has 128 valence electrons. The van der Waals surface area contributed by atoms with Crippen LogP contribution in [-0.4, -0.2) is 10.9 Å². The van der Waals surface area contributed by atoms with Gasteiger partial charge in [-0.15, -0.1) is 0 Å². The SMILES string of the molecule is CC(Cc1cccc(C(F)(F)F)c1)C(=O)Nc1cc(Br)c[nH]c1=O. The third-order valence-corrected chi connectivity index (χ3v) is 3.83. The van der Waals surface area contributed by atoms with Gasteiger partial charge in [0.05, 0.1) is 5.56 Å². The van der Waals surface area contributed by atoms with Crippen LogP contribution in [0.4, 0.5) is 18.9 Å². The molecule has 2 N–H and O–H groups in total. The molecule has 1 aromatic heterocycles. The van der Waals surface area contributed by atoms with Crippen LogP contribution in [0.3, 0.4) is 0 Å². The normalized spacial score (nSPS) is 12.7. The van der Waals surface area contributed by atoms with Crippen LogP contribution in [-0.2, 0) is 17.4 Å². The highest BCUT2D eigenvalue weighted by molar-refractivity contribution is 9.10. The highest BCUT2D eigenvalue weighted by Gasteiger charge is 2.30. The summed E-state index contributed by atoms with van der Waals surface area (Å²) in [5, 5.41) is 2.48. The maximum absolute atomic E-state index is 12.7. The molecule has 2 rings (SSSR count). The Morgan fingerprint density at radius 3 is 2.71 bits per heavy atom. The van der Waals surface area contributed by atoms with Gasteiger partial charge in [-0.05, 0) is 40.0 Å². The van der Waals surface area contributed by atoms with Gasteiger partial charge < -0.3 is 10.3 Å². The summed E-state index contributed by atoms with van der Waals surface area (Å²) in [6, 6.07) is 6.30. The van der Waals surface area contributed by atoms with E-state index < -0.39 is 29.1 Å². The molecule has 0 fully saturated rings. The molecule has 1 heterocycles. The lowest BCUT2D eigenvalue weighted by molar-refractivity contribution is -0.137. The van der Waals surface area contributed by atoms with Crippen molar-refractivity contribution in [3.05, 3.63) is 62.5 Å². The molecule has 0 aliphatic carbocycles. The van der Waals surface area contributed by atoms with Crippen molar-refractivity contribution >= 4 is 27.5 Å². The number of nitrogens with one attached hydrogen (secondary N) is 2. The summed E-state index contributed by atoms with van der Waals surface area (Å²) < 4.78 is 38.7. The molecule has 1 unspecified atom stereocenters. The van der Waals surface area contributed by atoms with E-state index >= 15 is 0 Å². The van der Waals surface area contributed by atoms with Gasteiger partial charge in [0.25, 0.3) is 5.56 Å². The van der Waals surface area contributed by atoms with E-state index in [-0.39, 0.29) is 12.1 Å². The monoisotopic (exact) mass is 402 g/mol. The highest BCUT2D eigenvalue weighted by atomic mass is 79.9. The Kier molecular flexibility index (Phi) is 5.48. The van der Waals surface area contributed by atoms with E-state index in [1.54, 1.807) is 6.92 Å². The molecule has 0 radical (unpaired) electrons. The molecule has 1 atom stereocenters. The molecule has 1 amide bonds. The fourth-order valence-electron chi connectivity index (χ4n) is 2.13. The van der Waals surface area contributed by atoms with Gasteiger partial charge in [0.2, 0.25) is 5.91 Å². The van der Waals surface area contributed by atoms with E-state index in [0.29, 0.717) is 10.0 Å². The molecular weight excluding hydrogens is 389 g/mol. The van der Waals surface area contributed by atoms with Gasteiger partial charge in [-0.2, -0.15) is 13.2 Å². The summed E-state index contributed by atoms with van der Waals surface area (Å²) in [6.45, 7) is 1.59. The number of hydrogen-bond donors (Lipinski definition) is 2. The van der Waals surface area contributed by atoms with Crippen molar-refractivity contribution in [1.82, 2.24) is 4.98 Å². The number of pyridine rings is 1. The van der Waals surface area contributed by atoms with Gasteiger partial charge in [0.15, 0.2) is 0 Å². The lowest BCUT2D eigenvalue weighted by Gasteiger charge is -2.13. The number of benzene rings is 1. The van der Waals surface area contributed by atoms with Crippen LogP contribution in [0.25, 0.3) is 0 Å². The van der Waals surface area contributed by atoms with Crippen molar-refractivity contribution in [3.8, 4) is 0 Å². The molecule has 0 bridgehead atoms. The molecule has 0 aliphatic heterocycles. The first-order chi connectivity index (χ1) is 11.2. The van der Waals surface area contributed by atoms with Crippen LogP contribution in [0.2, 0.25) is 0 Å². The lowest BCUT2D eigenvalue weighted by atomic mass is 9.98. The summed E-state index contributed by atoms with van der Waals surface area (Å²) in [7, 11) is 0. The Labute approximate surface area is 144 Å². The molecular formula is C16H14BrF3N2O2. The average Bonchev–Trinajstić information content (AvgIpc) is 2.50. The maximum Gasteiger partial charge on any atom is 0.416 e. The number of hydrogen-bond acceptors (Lipinski definition) is 2. The van der Waals surface area contributed by atoms with Crippen molar-refractivity contribution in [1.29, 1.82) is 0 Å². The van der Waals surface area contributed by atoms with E-state index in [1.165, 1.54) is 24.4 Å². The summed E-state index contributed by atoms with van der Waals surface area (Å²) in [5.74, 6) is -1.05. The molecule has 4 nitrogen and oxygen atoms in total. The first-order valence-electron chi connectivity index (χ1n) is 7.02. The fourth-order valence-corrected chi connectivity index (χ4v) is 2.47. The summed E-state index contributed by atoms with van der Waals surface area (Å²) in [5.41, 5.74) is -0.741. The van der Waals surface area contributed by atoms with Crippen LogP contribution >= 0.6 is 15.9 Å². The number of halogens is 4. The third kappa shape index (κ3) is 4.70. The maximum atomic E-state index is 12.7. The van der Waals surface area contributed by atoms with Crippen LogP contribution < -0.4 is 10.9 Å². The first kappa shape index (κ1) is 18.3. The van der Waals surface area contributed by atoms with Crippen LogP contribution in [0.15, 0.2) is 45.8 Å². The zero-order chi connectivity index (χ0) is 17.9. The zero-order valence-corrected chi connectivity index (χ0v) is 14.2. The predicted molar refractivity (Wildman–Crippen MR) is 87.7 cm³/mol. The van der Waals surface area contributed by atoms with E-state index in [0.717, 1.165) is 12.1 Å². The Bertz CT molecular complexity index is 802.